The molecule has 0 atom stereocenters. The Balaban J connectivity index is 1.23. The van der Waals surface area contributed by atoms with Gasteiger partial charge in [0.1, 0.15) is 17.2 Å². The molecule has 7 nitrogen and oxygen atoms in total. The minimum atomic E-state index is -4.49. The second-order valence-electron chi connectivity index (χ2n) is 8.42. The first-order valence-electron chi connectivity index (χ1n) is 10.8. The number of rotatable bonds is 4. The molecule has 0 spiro atoms. The van der Waals surface area contributed by atoms with Crippen LogP contribution in [0.15, 0.2) is 48.7 Å². The molecule has 1 aromatic carbocycles. The summed E-state index contributed by atoms with van der Waals surface area (Å²) in [5.74, 6) is 0.426. The van der Waals surface area contributed by atoms with Gasteiger partial charge in [-0.05, 0) is 43.9 Å². The average Bonchev–Trinajstić information content (AvgIpc) is 3.36. The zero-order valence-electron chi connectivity index (χ0n) is 17.9. The number of hydrogen-bond donors (Lipinski definition) is 2. The van der Waals surface area contributed by atoms with Crippen molar-refractivity contribution in [1.29, 1.82) is 0 Å². The van der Waals surface area contributed by atoms with Gasteiger partial charge in [0.2, 0.25) is 0 Å². The number of nitrogens with one attached hydrogen (secondary N) is 2. The van der Waals surface area contributed by atoms with Crippen LogP contribution in [0.3, 0.4) is 0 Å². The van der Waals surface area contributed by atoms with E-state index in [-0.39, 0.29) is 23.6 Å². The fraction of sp³-hybridized carbons (Fsp3) is 0.348. The Morgan fingerprint density at radius 1 is 1.03 bits per heavy atom. The fourth-order valence-corrected chi connectivity index (χ4v) is 4.53. The normalized spacial score (nSPS) is 19.2. The molecule has 4 aromatic rings. The quantitative estimate of drug-likeness (QED) is 0.478. The number of imidazole rings is 1. The predicted octanol–water partition coefficient (Wildman–Crippen LogP) is 4.39. The van der Waals surface area contributed by atoms with Crippen LogP contribution < -0.4 is 10.6 Å². The van der Waals surface area contributed by atoms with E-state index in [1.165, 1.54) is 4.40 Å². The first-order valence-corrected chi connectivity index (χ1v) is 10.8. The molecule has 0 saturated heterocycles. The molecule has 3 aromatic heterocycles. The Bertz CT molecular complexity index is 1320. The summed E-state index contributed by atoms with van der Waals surface area (Å²) in [5, 5.41) is 11.7. The van der Waals surface area contributed by atoms with Crippen LogP contribution in [-0.4, -0.2) is 37.2 Å². The van der Waals surface area contributed by atoms with E-state index in [0.29, 0.717) is 11.5 Å². The Morgan fingerprint density at radius 2 is 1.76 bits per heavy atom. The van der Waals surface area contributed by atoms with Crippen molar-refractivity contribution in [3.8, 4) is 0 Å². The number of nitrogens with zero attached hydrogens (tertiary/aromatic N) is 4. The summed E-state index contributed by atoms with van der Waals surface area (Å²) in [6, 6.07) is 12.7. The third kappa shape index (κ3) is 4.12. The number of alkyl halides is 3. The number of halogens is 3. The van der Waals surface area contributed by atoms with Crippen LogP contribution in [0.4, 0.5) is 19.0 Å². The Morgan fingerprint density at radius 3 is 2.52 bits per heavy atom. The molecule has 1 aliphatic carbocycles. The number of pyridine rings is 1. The van der Waals surface area contributed by atoms with Gasteiger partial charge in [0.25, 0.3) is 5.91 Å². The third-order valence-corrected chi connectivity index (χ3v) is 6.15. The number of carbonyl (C=O) groups excluding carboxylic acids is 1. The summed E-state index contributed by atoms with van der Waals surface area (Å²) >= 11 is 0. The summed E-state index contributed by atoms with van der Waals surface area (Å²) in [6.07, 6.45) is -0.358. The molecule has 1 fully saturated rings. The summed E-state index contributed by atoms with van der Waals surface area (Å²) in [7, 11) is 1.76. The van der Waals surface area contributed by atoms with E-state index < -0.39 is 11.9 Å². The molecule has 33 heavy (non-hydrogen) atoms. The molecule has 0 aliphatic heterocycles. The molecular formula is C23H23F3N6O. The van der Waals surface area contributed by atoms with Crippen LogP contribution in [0.25, 0.3) is 16.6 Å². The number of fused-ring (bicyclic) bond motifs is 2. The fourth-order valence-electron chi connectivity index (χ4n) is 4.53. The zero-order chi connectivity index (χ0) is 23.2. The van der Waals surface area contributed by atoms with Crippen molar-refractivity contribution in [2.45, 2.75) is 43.9 Å². The van der Waals surface area contributed by atoms with Gasteiger partial charge in [-0.25, -0.2) is 4.98 Å². The second-order valence-corrected chi connectivity index (χ2v) is 8.42. The topological polar surface area (TPSA) is 76.2 Å². The lowest BCUT2D eigenvalue weighted by molar-refractivity contribution is -0.140. The lowest BCUT2D eigenvalue weighted by atomic mass is 9.91. The van der Waals surface area contributed by atoms with Crippen molar-refractivity contribution < 1.29 is 18.0 Å². The highest BCUT2D eigenvalue weighted by atomic mass is 19.4. The lowest BCUT2D eigenvalue weighted by Gasteiger charge is -2.30. The Hall–Kier alpha value is -3.56. The van der Waals surface area contributed by atoms with Gasteiger partial charge in [-0.2, -0.15) is 18.3 Å². The van der Waals surface area contributed by atoms with Crippen molar-refractivity contribution >= 4 is 28.3 Å². The average molecular weight is 456 g/mol. The van der Waals surface area contributed by atoms with Gasteiger partial charge in [-0.1, -0.05) is 24.3 Å². The number of anilines is 1. The smallest absolute Gasteiger partial charge is 0.368 e. The van der Waals surface area contributed by atoms with Gasteiger partial charge < -0.3 is 10.6 Å². The Kier molecular flexibility index (Phi) is 5.22. The van der Waals surface area contributed by atoms with E-state index in [4.69, 9.17) is 0 Å². The number of carbonyl (C=O) groups is 1. The molecule has 1 amide bonds. The second kappa shape index (κ2) is 8.09. The molecule has 0 radical (unpaired) electrons. The largest absolute Gasteiger partial charge is 0.434 e. The first-order chi connectivity index (χ1) is 15.8. The van der Waals surface area contributed by atoms with Gasteiger partial charge in [-0.3, -0.25) is 13.9 Å². The van der Waals surface area contributed by atoms with Gasteiger partial charge in [0.15, 0.2) is 5.69 Å². The van der Waals surface area contributed by atoms with E-state index >= 15 is 0 Å². The Labute approximate surface area is 187 Å². The molecule has 1 aliphatic rings. The van der Waals surface area contributed by atoms with Crippen LogP contribution in [0.2, 0.25) is 0 Å². The van der Waals surface area contributed by atoms with Crippen LogP contribution >= 0.6 is 0 Å². The lowest BCUT2D eigenvalue weighted by Crippen LogP contribution is -2.40. The van der Waals surface area contributed by atoms with Crippen molar-refractivity contribution in [1.82, 2.24) is 24.5 Å². The van der Waals surface area contributed by atoms with Crippen LogP contribution in [0, 0.1) is 0 Å². The molecule has 0 bridgehead atoms. The van der Waals surface area contributed by atoms with Gasteiger partial charge in [0, 0.05) is 30.7 Å². The van der Waals surface area contributed by atoms with E-state index in [2.05, 4.69) is 20.7 Å². The standard InChI is InChI=1S/C23H23F3N6O/c1-31-21(16-5-2-3-6-17(16)30-31)22(33)28-15-11-9-14(10-12-15)27-19-7-4-8-20-29-18(13-32(19)20)23(24,25)26/h2-8,13-15,27H,9-12H2,1H3,(H,28,33)/t14-,15+. The number of aryl methyl sites for hydroxylation is 1. The summed E-state index contributed by atoms with van der Waals surface area (Å²) in [4.78, 5) is 16.6. The summed E-state index contributed by atoms with van der Waals surface area (Å²) in [6.45, 7) is 0. The van der Waals surface area contributed by atoms with Crippen molar-refractivity contribution in [3.63, 3.8) is 0 Å². The maximum Gasteiger partial charge on any atom is 0.434 e. The maximum absolute atomic E-state index is 13.0. The molecule has 2 N–H and O–H groups in total. The minimum absolute atomic E-state index is 0.0325. The summed E-state index contributed by atoms with van der Waals surface area (Å²) < 4.78 is 42.2. The first kappa shape index (κ1) is 21.3. The SMILES string of the molecule is Cn1nc2ccccc2c1C(=O)N[C@H]1CC[C@@H](Nc2cccc3nc(C(F)(F)F)cn23)CC1. The highest BCUT2D eigenvalue weighted by Crippen LogP contribution is 2.30. The van der Waals surface area contributed by atoms with E-state index in [1.807, 2.05) is 24.3 Å². The maximum atomic E-state index is 13.0. The van der Waals surface area contributed by atoms with Crippen molar-refractivity contribution in [2.75, 3.05) is 5.32 Å². The van der Waals surface area contributed by atoms with Gasteiger partial charge in [-0.15, -0.1) is 0 Å². The number of aromatic nitrogens is 4. The predicted molar refractivity (Wildman–Crippen MR) is 118 cm³/mol. The molecule has 3 heterocycles. The number of hydrogen-bond acceptors (Lipinski definition) is 4. The highest BCUT2D eigenvalue weighted by Gasteiger charge is 2.34. The zero-order valence-corrected chi connectivity index (χ0v) is 17.9. The van der Waals surface area contributed by atoms with Crippen molar-refractivity contribution in [2.24, 2.45) is 7.05 Å². The molecule has 10 heteroatoms. The molecule has 0 unspecified atom stereocenters. The van der Waals surface area contributed by atoms with E-state index in [0.717, 1.165) is 42.8 Å². The molecule has 5 rings (SSSR count). The van der Waals surface area contributed by atoms with Crippen LogP contribution in [0.5, 0.6) is 0 Å². The van der Waals surface area contributed by atoms with Crippen LogP contribution in [0.1, 0.15) is 41.9 Å². The van der Waals surface area contributed by atoms with Gasteiger partial charge in [0.05, 0.1) is 5.52 Å². The molecule has 172 valence electrons. The molecule has 1 saturated carbocycles. The van der Waals surface area contributed by atoms with E-state index in [9.17, 15) is 18.0 Å². The van der Waals surface area contributed by atoms with Crippen molar-refractivity contribution in [3.05, 3.63) is 60.0 Å². The summed E-state index contributed by atoms with van der Waals surface area (Å²) in [5.41, 5.74) is 0.654. The van der Waals surface area contributed by atoms with Crippen LogP contribution in [-0.2, 0) is 13.2 Å². The minimum Gasteiger partial charge on any atom is -0.368 e. The van der Waals surface area contributed by atoms with Gasteiger partial charge >= 0.3 is 6.18 Å². The number of amides is 1. The number of benzene rings is 1. The third-order valence-electron chi connectivity index (χ3n) is 6.15. The monoisotopic (exact) mass is 456 g/mol. The van der Waals surface area contributed by atoms with E-state index in [1.54, 1.807) is 29.9 Å². The highest BCUT2D eigenvalue weighted by molar-refractivity contribution is 6.05. The molecular weight excluding hydrogens is 433 g/mol.